The number of hydrogen-bond acceptors (Lipinski definition) is 5. The summed E-state index contributed by atoms with van der Waals surface area (Å²) >= 11 is 0. The van der Waals surface area contributed by atoms with Crippen LogP contribution in [0.1, 0.15) is 39.5 Å². The van der Waals surface area contributed by atoms with E-state index in [0.717, 1.165) is 0 Å². The highest BCUT2D eigenvalue weighted by Crippen LogP contribution is 2.47. The highest BCUT2D eigenvalue weighted by Gasteiger charge is 2.31. The number of unbranched alkanes of at least 4 members (excludes halogenated alkanes) is 1. The van der Waals surface area contributed by atoms with Gasteiger partial charge in [0.25, 0.3) is 0 Å². The first-order valence-electron chi connectivity index (χ1n) is 7.41. The molecule has 0 rings (SSSR count). The number of carbonyl (C=O) groups excluding carboxylic acids is 2. The van der Waals surface area contributed by atoms with E-state index in [-0.39, 0.29) is 19.0 Å². The van der Waals surface area contributed by atoms with E-state index >= 15 is 0 Å². The molecular weight excluding hydrogens is 325 g/mol. The highest BCUT2D eigenvalue weighted by atomic mass is 31.2. The summed E-state index contributed by atoms with van der Waals surface area (Å²) in [6.45, 7) is 2.99. The zero-order chi connectivity index (χ0) is 18.0. The van der Waals surface area contributed by atoms with E-state index in [1.165, 1.54) is 13.8 Å². The zero-order valence-corrected chi connectivity index (χ0v) is 14.3. The molecule has 3 atom stereocenters. The molecule has 134 valence electrons. The van der Waals surface area contributed by atoms with E-state index < -0.39 is 37.0 Å². The van der Waals surface area contributed by atoms with Crippen molar-refractivity contribution in [2.75, 3.05) is 12.7 Å². The minimum atomic E-state index is -3.80. The Bertz CT molecular complexity index is 471. The lowest BCUT2D eigenvalue weighted by Crippen LogP contribution is -2.39. The first kappa shape index (κ1) is 21.6. The molecule has 0 aromatic carbocycles. The van der Waals surface area contributed by atoms with Crippen LogP contribution in [0.25, 0.3) is 0 Å². The molecule has 0 saturated heterocycles. The molecule has 0 radical (unpaired) electrons. The van der Waals surface area contributed by atoms with Crippen LogP contribution < -0.4 is 16.4 Å². The Hall–Kier alpha value is -1.44. The molecule has 0 aliphatic carbocycles. The number of aliphatic carboxylic acids is 1. The standard InChI is InChI=1S/C13H26N3O6P/c1-9(13(19)20)15-11(18)6-8-23(21,22)12(16-10(2)17)5-3-4-7-14/h9,12H,3-8,14H2,1-2H3,(H,15,18)(H,16,17)(H,19,20)(H,21,22)/t9-,12?/m1/s1. The van der Waals surface area contributed by atoms with Crippen LogP contribution in [-0.4, -0.2) is 52.3 Å². The van der Waals surface area contributed by atoms with Crippen molar-refractivity contribution < 1.29 is 28.9 Å². The molecule has 9 nitrogen and oxygen atoms in total. The van der Waals surface area contributed by atoms with Gasteiger partial charge < -0.3 is 26.4 Å². The van der Waals surface area contributed by atoms with Gasteiger partial charge in [0.05, 0.1) is 0 Å². The summed E-state index contributed by atoms with van der Waals surface area (Å²) in [7, 11) is -3.80. The van der Waals surface area contributed by atoms with Crippen molar-refractivity contribution in [1.29, 1.82) is 0 Å². The Morgan fingerprint density at radius 3 is 2.30 bits per heavy atom. The number of nitrogens with two attached hydrogens (primary N) is 1. The summed E-state index contributed by atoms with van der Waals surface area (Å²) in [5, 5.41) is 13.3. The third-order valence-electron chi connectivity index (χ3n) is 3.20. The van der Waals surface area contributed by atoms with Gasteiger partial charge in [-0.25, -0.2) is 0 Å². The first-order valence-corrected chi connectivity index (χ1v) is 9.32. The van der Waals surface area contributed by atoms with Crippen LogP contribution in [0.3, 0.4) is 0 Å². The summed E-state index contributed by atoms with van der Waals surface area (Å²) in [5.41, 5.74) is 5.37. The number of amides is 2. The van der Waals surface area contributed by atoms with Crippen LogP contribution in [0.2, 0.25) is 0 Å². The number of carboxylic acid groups (broad SMARTS) is 1. The van der Waals surface area contributed by atoms with Crippen LogP contribution in [0.15, 0.2) is 0 Å². The van der Waals surface area contributed by atoms with Gasteiger partial charge >= 0.3 is 5.97 Å². The normalized spacial score (nSPS) is 16.0. The van der Waals surface area contributed by atoms with E-state index in [1.807, 2.05) is 0 Å². The molecule has 23 heavy (non-hydrogen) atoms. The smallest absolute Gasteiger partial charge is 0.325 e. The molecule has 2 amide bonds. The molecule has 0 aliphatic rings. The van der Waals surface area contributed by atoms with E-state index in [9.17, 15) is 23.8 Å². The van der Waals surface area contributed by atoms with E-state index in [2.05, 4.69) is 10.6 Å². The second-order valence-corrected chi connectivity index (χ2v) is 7.94. The van der Waals surface area contributed by atoms with Crippen molar-refractivity contribution in [2.45, 2.75) is 51.4 Å². The SMILES string of the molecule is CC(=O)NC(CCCCN)P(=O)(O)CCC(=O)N[C@H](C)C(=O)O. The van der Waals surface area contributed by atoms with Gasteiger partial charge in [-0.05, 0) is 32.7 Å². The summed E-state index contributed by atoms with van der Waals surface area (Å²) < 4.78 is 12.4. The number of carboxylic acids is 1. The Balaban J connectivity index is 4.63. The van der Waals surface area contributed by atoms with Gasteiger partial charge in [0.1, 0.15) is 11.8 Å². The van der Waals surface area contributed by atoms with Gasteiger partial charge in [-0.1, -0.05) is 0 Å². The summed E-state index contributed by atoms with van der Waals surface area (Å²) in [6.07, 6.45) is 0.899. The van der Waals surface area contributed by atoms with Crippen molar-refractivity contribution in [1.82, 2.24) is 10.6 Å². The minimum Gasteiger partial charge on any atom is -0.480 e. The van der Waals surface area contributed by atoms with Crippen LogP contribution in [-0.2, 0) is 18.9 Å². The van der Waals surface area contributed by atoms with E-state index in [4.69, 9.17) is 10.8 Å². The molecule has 0 saturated carbocycles. The molecule has 6 N–H and O–H groups in total. The number of nitrogens with one attached hydrogen (secondary N) is 2. The van der Waals surface area contributed by atoms with Crippen molar-refractivity contribution in [2.24, 2.45) is 5.73 Å². The fourth-order valence-electron chi connectivity index (χ4n) is 1.88. The molecule has 0 aromatic rings. The Morgan fingerprint density at radius 1 is 1.22 bits per heavy atom. The molecule has 0 spiro atoms. The van der Waals surface area contributed by atoms with Crippen molar-refractivity contribution >= 4 is 25.2 Å². The second kappa shape index (κ2) is 10.4. The average Bonchev–Trinajstić information content (AvgIpc) is 2.43. The lowest BCUT2D eigenvalue weighted by Gasteiger charge is -2.23. The van der Waals surface area contributed by atoms with Gasteiger partial charge in [0.15, 0.2) is 0 Å². The molecule has 10 heteroatoms. The summed E-state index contributed by atoms with van der Waals surface area (Å²) in [6, 6.07) is -1.07. The maximum absolute atomic E-state index is 12.4. The van der Waals surface area contributed by atoms with Gasteiger partial charge in [0.2, 0.25) is 19.2 Å². The van der Waals surface area contributed by atoms with Gasteiger partial charge in [0, 0.05) is 19.5 Å². The van der Waals surface area contributed by atoms with Crippen molar-refractivity contribution in [3.8, 4) is 0 Å². The Labute approximate surface area is 135 Å². The third kappa shape index (κ3) is 9.32. The molecule has 2 unspecified atom stereocenters. The van der Waals surface area contributed by atoms with Gasteiger partial charge in [-0.15, -0.1) is 0 Å². The van der Waals surface area contributed by atoms with Crippen molar-refractivity contribution in [3.05, 3.63) is 0 Å². The second-order valence-electron chi connectivity index (χ2n) is 5.36. The number of hydrogen-bond donors (Lipinski definition) is 5. The summed E-state index contributed by atoms with van der Waals surface area (Å²) in [5.74, 6) is -3.18. The predicted molar refractivity (Wildman–Crippen MR) is 85.1 cm³/mol. The molecule has 0 bridgehead atoms. The van der Waals surface area contributed by atoms with Gasteiger partial charge in [-0.2, -0.15) is 0 Å². The maximum Gasteiger partial charge on any atom is 0.325 e. The van der Waals surface area contributed by atoms with E-state index in [0.29, 0.717) is 19.4 Å². The molecule has 0 fully saturated rings. The topological polar surface area (TPSA) is 159 Å². The van der Waals surface area contributed by atoms with Crippen LogP contribution >= 0.6 is 7.37 Å². The predicted octanol–water partition coefficient (Wildman–Crippen LogP) is -0.173. The largest absolute Gasteiger partial charge is 0.480 e. The Kier molecular flexibility index (Phi) is 9.71. The van der Waals surface area contributed by atoms with E-state index in [1.54, 1.807) is 0 Å². The van der Waals surface area contributed by atoms with Gasteiger partial charge in [-0.3, -0.25) is 18.9 Å². The number of rotatable bonds is 11. The minimum absolute atomic E-state index is 0.289. The lowest BCUT2D eigenvalue weighted by molar-refractivity contribution is -0.141. The molecule has 0 aliphatic heterocycles. The first-order chi connectivity index (χ1) is 10.6. The van der Waals surface area contributed by atoms with Crippen molar-refractivity contribution in [3.63, 3.8) is 0 Å². The fourth-order valence-corrected chi connectivity index (χ4v) is 3.69. The fraction of sp³-hybridized carbons (Fsp3) is 0.769. The molecular formula is C13H26N3O6P. The highest BCUT2D eigenvalue weighted by molar-refractivity contribution is 7.58. The maximum atomic E-state index is 12.4. The Morgan fingerprint density at radius 2 is 1.83 bits per heavy atom. The quantitative estimate of drug-likeness (QED) is 0.255. The molecule has 0 heterocycles. The summed E-state index contributed by atoms with van der Waals surface area (Å²) in [4.78, 5) is 43.5. The third-order valence-corrected chi connectivity index (χ3v) is 5.42. The monoisotopic (exact) mass is 351 g/mol. The van der Waals surface area contributed by atoms with Crippen LogP contribution in [0.4, 0.5) is 0 Å². The number of carbonyl (C=O) groups is 3. The molecule has 0 aromatic heterocycles. The average molecular weight is 351 g/mol. The van der Waals surface area contributed by atoms with Crippen LogP contribution in [0.5, 0.6) is 0 Å². The lowest BCUT2D eigenvalue weighted by atomic mass is 10.2. The zero-order valence-electron chi connectivity index (χ0n) is 13.4. The van der Waals surface area contributed by atoms with Crippen LogP contribution in [0, 0.1) is 0 Å².